The van der Waals surface area contributed by atoms with E-state index >= 15 is 0 Å². The Morgan fingerprint density at radius 1 is 1.14 bits per heavy atom. The van der Waals surface area contributed by atoms with E-state index in [2.05, 4.69) is 65.4 Å². The molecule has 2 aromatic carbocycles. The molecule has 108 valence electrons. The number of nitrogens with one attached hydrogen (secondary N) is 1. The highest BCUT2D eigenvalue weighted by atomic mass is 79.9. The van der Waals surface area contributed by atoms with Crippen molar-refractivity contribution >= 4 is 21.6 Å². The summed E-state index contributed by atoms with van der Waals surface area (Å²) in [4.78, 5) is 0. The Kier molecular flexibility index (Phi) is 5.41. The van der Waals surface area contributed by atoms with Crippen LogP contribution < -0.4 is 5.32 Å². The maximum atomic E-state index is 8.90. The van der Waals surface area contributed by atoms with E-state index in [0.717, 1.165) is 16.7 Å². The van der Waals surface area contributed by atoms with Crippen LogP contribution >= 0.6 is 15.9 Å². The van der Waals surface area contributed by atoms with Crippen LogP contribution in [0.3, 0.4) is 0 Å². The van der Waals surface area contributed by atoms with E-state index in [4.69, 9.17) is 5.26 Å². The van der Waals surface area contributed by atoms with E-state index in [1.165, 1.54) is 5.56 Å². The fourth-order valence-electron chi connectivity index (χ4n) is 2.39. The summed E-state index contributed by atoms with van der Waals surface area (Å²) >= 11 is 3.52. The van der Waals surface area contributed by atoms with Crippen molar-refractivity contribution in [1.82, 2.24) is 0 Å². The molecule has 21 heavy (non-hydrogen) atoms. The van der Waals surface area contributed by atoms with Crippen LogP contribution in [-0.2, 0) is 0 Å². The summed E-state index contributed by atoms with van der Waals surface area (Å²) in [6, 6.07) is 18.4. The Labute approximate surface area is 134 Å². The van der Waals surface area contributed by atoms with Crippen molar-refractivity contribution in [1.29, 1.82) is 5.26 Å². The van der Waals surface area contributed by atoms with Gasteiger partial charge in [0.05, 0.1) is 11.6 Å². The summed E-state index contributed by atoms with van der Waals surface area (Å²) in [5.74, 6) is 1.01. The lowest BCUT2D eigenvalue weighted by Gasteiger charge is -2.23. The van der Waals surface area contributed by atoms with Crippen molar-refractivity contribution in [3.8, 4) is 6.07 Å². The minimum absolute atomic E-state index is 0.453. The Bertz CT molecular complexity index is 629. The molecule has 0 aliphatic rings. The highest BCUT2D eigenvalue weighted by Crippen LogP contribution is 2.28. The Hall–Kier alpha value is -1.79. The average Bonchev–Trinajstić information content (AvgIpc) is 2.49. The first kappa shape index (κ1) is 15.6. The lowest BCUT2D eigenvalue weighted by Crippen LogP contribution is -2.18. The number of benzene rings is 2. The predicted octanol–water partition coefficient (Wildman–Crippen LogP) is 5.17. The Morgan fingerprint density at radius 3 is 2.43 bits per heavy atom. The number of hydrogen-bond acceptors (Lipinski definition) is 2. The number of hydrogen-bond donors (Lipinski definition) is 1. The highest BCUT2D eigenvalue weighted by Gasteiger charge is 2.15. The second kappa shape index (κ2) is 7.28. The average molecular weight is 343 g/mol. The summed E-state index contributed by atoms with van der Waals surface area (Å²) in [7, 11) is 0. The standard InChI is InChI=1S/C18H19BrN2/c1-13(2)16(15-6-4-3-5-7-15)12-21-18-9-8-14(11-20)10-17(18)19/h3-10,13,16,21H,12H2,1-2H3. The van der Waals surface area contributed by atoms with E-state index in [-0.39, 0.29) is 0 Å². The molecule has 0 saturated carbocycles. The zero-order valence-electron chi connectivity index (χ0n) is 12.3. The van der Waals surface area contributed by atoms with Crippen LogP contribution in [0.15, 0.2) is 53.0 Å². The highest BCUT2D eigenvalue weighted by molar-refractivity contribution is 9.10. The molecule has 0 saturated heterocycles. The largest absolute Gasteiger partial charge is 0.384 e. The van der Waals surface area contributed by atoms with E-state index < -0.39 is 0 Å². The van der Waals surface area contributed by atoms with Gasteiger partial charge in [-0.3, -0.25) is 0 Å². The van der Waals surface area contributed by atoms with Gasteiger partial charge in [0.1, 0.15) is 0 Å². The first-order valence-corrected chi connectivity index (χ1v) is 7.89. The predicted molar refractivity (Wildman–Crippen MR) is 91.4 cm³/mol. The normalized spacial score (nSPS) is 12.0. The van der Waals surface area contributed by atoms with Crippen molar-refractivity contribution in [2.75, 3.05) is 11.9 Å². The molecule has 2 nitrogen and oxygen atoms in total. The van der Waals surface area contributed by atoms with Gasteiger partial charge in [-0.1, -0.05) is 44.2 Å². The van der Waals surface area contributed by atoms with Gasteiger partial charge in [-0.25, -0.2) is 0 Å². The van der Waals surface area contributed by atoms with Crippen molar-refractivity contribution in [3.63, 3.8) is 0 Å². The van der Waals surface area contributed by atoms with Crippen LogP contribution in [0.5, 0.6) is 0 Å². The molecule has 0 aromatic heterocycles. The molecule has 1 atom stereocenters. The number of rotatable bonds is 5. The van der Waals surface area contributed by atoms with Crippen LogP contribution in [-0.4, -0.2) is 6.54 Å². The molecule has 0 heterocycles. The smallest absolute Gasteiger partial charge is 0.0992 e. The number of nitrogens with zero attached hydrogens (tertiary/aromatic N) is 1. The lowest BCUT2D eigenvalue weighted by molar-refractivity contribution is 0.517. The molecule has 0 amide bonds. The number of halogens is 1. The minimum Gasteiger partial charge on any atom is -0.384 e. The fourth-order valence-corrected chi connectivity index (χ4v) is 2.91. The molecule has 0 aliphatic heterocycles. The molecule has 2 aromatic rings. The number of nitriles is 1. The Morgan fingerprint density at radius 2 is 1.86 bits per heavy atom. The van der Waals surface area contributed by atoms with Gasteiger partial charge in [0, 0.05) is 22.6 Å². The summed E-state index contributed by atoms with van der Waals surface area (Å²) in [6.45, 7) is 5.35. The third-order valence-corrected chi connectivity index (χ3v) is 4.30. The topological polar surface area (TPSA) is 35.8 Å². The van der Waals surface area contributed by atoms with Crippen molar-refractivity contribution in [3.05, 3.63) is 64.1 Å². The molecule has 0 radical (unpaired) electrons. The molecule has 2 rings (SSSR count). The third-order valence-electron chi connectivity index (χ3n) is 3.64. The first-order chi connectivity index (χ1) is 10.1. The molecule has 0 aliphatic carbocycles. The van der Waals surface area contributed by atoms with Gasteiger partial charge in [0.25, 0.3) is 0 Å². The van der Waals surface area contributed by atoms with Gasteiger partial charge in [0.15, 0.2) is 0 Å². The van der Waals surface area contributed by atoms with Crippen LogP contribution in [0.2, 0.25) is 0 Å². The zero-order chi connectivity index (χ0) is 15.2. The fraction of sp³-hybridized carbons (Fsp3) is 0.278. The van der Waals surface area contributed by atoms with Crippen molar-refractivity contribution in [2.24, 2.45) is 5.92 Å². The molecule has 3 heteroatoms. The maximum Gasteiger partial charge on any atom is 0.0992 e. The van der Waals surface area contributed by atoms with Crippen molar-refractivity contribution < 1.29 is 0 Å². The summed E-state index contributed by atoms with van der Waals surface area (Å²) < 4.78 is 0.928. The van der Waals surface area contributed by atoms with Crippen LogP contribution in [0.1, 0.15) is 30.9 Å². The van der Waals surface area contributed by atoms with E-state index in [1.807, 2.05) is 24.3 Å². The van der Waals surface area contributed by atoms with Gasteiger partial charge in [0.2, 0.25) is 0 Å². The summed E-state index contributed by atoms with van der Waals surface area (Å²) in [6.07, 6.45) is 0. The van der Waals surface area contributed by atoms with Gasteiger partial charge in [-0.15, -0.1) is 0 Å². The maximum absolute atomic E-state index is 8.90. The molecular weight excluding hydrogens is 324 g/mol. The molecule has 0 fully saturated rings. The summed E-state index contributed by atoms with van der Waals surface area (Å²) in [5.41, 5.74) is 3.04. The SMILES string of the molecule is CC(C)C(CNc1ccc(C#N)cc1Br)c1ccccc1. The van der Waals surface area contributed by atoms with Crippen LogP contribution in [0.4, 0.5) is 5.69 Å². The van der Waals surface area contributed by atoms with Gasteiger partial charge in [-0.05, 0) is 45.6 Å². The molecule has 1 N–H and O–H groups in total. The molecule has 0 bridgehead atoms. The monoisotopic (exact) mass is 342 g/mol. The minimum atomic E-state index is 0.453. The quantitative estimate of drug-likeness (QED) is 0.813. The van der Waals surface area contributed by atoms with Crippen LogP contribution in [0.25, 0.3) is 0 Å². The number of anilines is 1. The second-order valence-corrected chi connectivity index (χ2v) is 6.30. The lowest BCUT2D eigenvalue weighted by atomic mass is 9.88. The van der Waals surface area contributed by atoms with Gasteiger partial charge in [-0.2, -0.15) is 5.26 Å². The third kappa shape index (κ3) is 4.09. The zero-order valence-corrected chi connectivity index (χ0v) is 13.9. The van der Waals surface area contributed by atoms with Crippen LogP contribution in [0, 0.1) is 17.2 Å². The molecule has 1 unspecified atom stereocenters. The van der Waals surface area contributed by atoms with Crippen molar-refractivity contribution in [2.45, 2.75) is 19.8 Å². The molecule has 0 spiro atoms. The second-order valence-electron chi connectivity index (χ2n) is 5.45. The van der Waals surface area contributed by atoms with E-state index in [0.29, 0.717) is 17.4 Å². The Balaban J connectivity index is 2.11. The van der Waals surface area contributed by atoms with Gasteiger partial charge < -0.3 is 5.32 Å². The van der Waals surface area contributed by atoms with E-state index in [1.54, 1.807) is 0 Å². The first-order valence-electron chi connectivity index (χ1n) is 7.10. The van der Waals surface area contributed by atoms with Gasteiger partial charge >= 0.3 is 0 Å². The molecular formula is C18H19BrN2. The van der Waals surface area contributed by atoms with E-state index in [9.17, 15) is 0 Å². The summed E-state index contributed by atoms with van der Waals surface area (Å²) in [5, 5.41) is 12.4.